The van der Waals surface area contributed by atoms with Crippen molar-refractivity contribution in [1.29, 1.82) is 0 Å². The van der Waals surface area contributed by atoms with E-state index in [9.17, 15) is 4.79 Å². The number of amides is 1. The Hall–Kier alpha value is -1.88. The highest BCUT2D eigenvalue weighted by atomic mass is 35.5. The molecule has 2 heterocycles. The van der Waals surface area contributed by atoms with Crippen LogP contribution in [0.5, 0.6) is 0 Å². The lowest BCUT2D eigenvalue weighted by molar-refractivity contribution is 0.0952. The molecule has 0 aliphatic carbocycles. The number of nitrogens with one attached hydrogen (secondary N) is 1. The molecule has 5 nitrogen and oxygen atoms in total. The maximum Gasteiger partial charge on any atom is 0.253 e. The summed E-state index contributed by atoms with van der Waals surface area (Å²) in [6.45, 7) is 2.46. The molecule has 1 aromatic heterocycles. The normalized spacial score (nSPS) is 13.5. The highest BCUT2D eigenvalue weighted by Gasteiger charge is 2.23. The van der Waals surface area contributed by atoms with E-state index in [0.29, 0.717) is 17.1 Å². The molecule has 1 N–H and O–H groups in total. The van der Waals surface area contributed by atoms with Gasteiger partial charge in [-0.25, -0.2) is 0 Å². The molecular weight excluding hydrogens is 264 g/mol. The third-order valence-corrected chi connectivity index (χ3v) is 3.36. The summed E-state index contributed by atoms with van der Waals surface area (Å²) >= 11 is 5.98. The second-order valence-corrected chi connectivity index (χ2v) is 4.90. The number of hydrogen-bond donors (Lipinski definition) is 1. The molecule has 1 aromatic carbocycles. The van der Waals surface area contributed by atoms with E-state index in [1.54, 1.807) is 12.1 Å². The fourth-order valence-electron chi connectivity index (χ4n) is 2.27. The fraction of sp³-hybridized carbons (Fsp3) is 0.308. The van der Waals surface area contributed by atoms with E-state index in [1.807, 2.05) is 10.6 Å². The monoisotopic (exact) mass is 276 g/mol. The van der Waals surface area contributed by atoms with Crippen molar-refractivity contribution in [2.75, 3.05) is 0 Å². The van der Waals surface area contributed by atoms with Crippen molar-refractivity contribution < 1.29 is 4.79 Å². The number of halogens is 1. The average molecular weight is 277 g/mol. The minimum Gasteiger partial charge on any atom is -0.345 e. The zero-order chi connectivity index (χ0) is 13.4. The van der Waals surface area contributed by atoms with Gasteiger partial charge in [0.25, 0.3) is 5.91 Å². The number of aromatic nitrogens is 3. The Morgan fingerprint density at radius 3 is 3.05 bits per heavy atom. The quantitative estimate of drug-likeness (QED) is 0.914. The number of benzene rings is 1. The van der Waals surface area contributed by atoms with Crippen molar-refractivity contribution in [3.8, 4) is 5.69 Å². The topological polar surface area (TPSA) is 59.8 Å². The average Bonchev–Trinajstić information content (AvgIpc) is 2.73. The highest BCUT2D eigenvalue weighted by Crippen LogP contribution is 2.24. The summed E-state index contributed by atoms with van der Waals surface area (Å²) < 4.78 is 1.95. The van der Waals surface area contributed by atoms with Crippen LogP contribution in [0.4, 0.5) is 0 Å². The van der Waals surface area contributed by atoms with Gasteiger partial charge < -0.3 is 5.32 Å². The van der Waals surface area contributed by atoms with Crippen molar-refractivity contribution in [1.82, 2.24) is 20.1 Å². The highest BCUT2D eigenvalue weighted by molar-refractivity contribution is 6.31. The first kappa shape index (κ1) is 12.2. The summed E-state index contributed by atoms with van der Waals surface area (Å²) in [5.74, 6) is 1.49. The van der Waals surface area contributed by atoms with Gasteiger partial charge in [-0.3, -0.25) is 9.36 Å². The van der Waals surface area contributed by atoms with Crippen LogP contribution >= 0.6 is 11.6 Å². The van der Waals surface area contributed by atoms with E-state index in [0.717, 1.165) is 30.2 Å². The molecule has 0 unspecified atom stereocenters. The van der Waals surface area contributed by atoms with Crippen LogP contribution in [0, 0.1) is 0 Å². The summed E-state index contributed by atoms with van der Waals surface area (Å²) in [6.07, 6.45) is 1.80. The van der Waals surface area contributed by atoms with Gasteiger partial charge >= 0.3 is 0 Å². The van der Waals surface area contributed by atoms with E-state index in [2.05, 4.69) is 22.4 Å². The van der Waals surface area contributed by atoms with Crippen molar-refractivity contribution in [2.45, 2.75) is 26.3 Å². The molecule has 0 spiro atoms. The first-order chi connectivity index (χ1) is 9.20. The number of fused-ring (bicyclic) bond motifs is 3. The molecule has 19 heavy (non-hydrogen) atoms. The van der Waals surface area contributed by atoms with Gasteiger partial charge in [0.1, 0.15) is 5.82 Å². The number of aryl methyl sites for hydroxylation is 1. The van der Waals surface area contributed by atoms with Gasteiger partial charge in [-0.05, 0) is 24.6 Å². The SMILES string of the molecule is CCCc1nnc2n1-c1ccc(Cl)cc1C(=O)NC2. The maximum atomic E-state index is 12.1. The minimum absolute atomic E-state index is 0.134. The molecule has 2 aromatic rings. The molecule has 0 saturated carbocycles. The molecule has 0 bridgehead atoms. The Labute approximate surface area is 115 Å². The molecule has 98 valence electrons. The largest absolute Gasteiger partial charge is 0.345 e. The first-order valence-electron chi connectivity index (χ1n) is 6.22. The zero-order valence-electron chi connectivity index (χ0n) is 10.5. The molecule has 6 heteroatoms. The van der Waals surface area contributed by atoms with Crippen molar-refractivity contribution in [3.63, 3.8) is 0 Å². The van der Waals surface area contributed by atoms with Gasteiger partial charge in [0, 0.05) is 11.4 Å². The second kappa shape index (κ2) is 4.66. The Kier molecular flexibility index (Phi) is 2.98. The number of hydrogen-bond acceptors (Lipinski definition) is 3. The summed E-state index contributed by atoms with van der Waals surface area (Å²) in [5.41, 5.74) is 1.35. The number of carbonyl (C=O) groups is 1. The van der Waals surface area contributed by atoms with Crippen molar-refractivity contribution in [3.05, 3.63) is 40.4 Å². The summed E-state index contributed by atoms with van der Waals surface area (Å²) in [4.78, 5) is 12.1. The lowest BCUT2D eigenvalue weighted by atomic mass is 10.1. The van der Waals surface area contributed by atoms with Crippen LogP contribution < -0.4 is 5.32 Å². The number of rotatable bonds is 2. The molecule has 0 saturated heterocycles. The van der Waals surface area contributed by atoms with Crippen LogP contribution in [0.15, 0.2) is 18.2 Å². The van der Waals surface area contributed by atoms with Gasteiger partial charge in [0.15, 0.2) is 5.82 Å². The van der Waals surface area contributed by atoms with Gasteiger partial charge in [0.2, 0.25) is 0 Å². The lowest BCUT2D eigenvalue weighted by Gasteiger charge is -2.10. The summed E-state index contributed by atoms with van der Waals surface area (Å²) in [7, 11) is 0. The van der Waals surface area contributed by atoms with Gasteiger partial charge in [0.05, 0.1) is 17.8 Å². The van der Waals surface area contributed by atoms with Crippen LogP contribution in [0.25, 0.3) is 5.69 Å². The van der Waals surface area contributed by atoms with Gasteiger partial charge in [-0.1, -0.05) is 18.5 Å². The third kappa shape index (κ3) is 2.00. The van der Waals surface area contributed by atoms with Crippen molar-refractivity contribution in [2.24, 2.45) is 0 Å². The van der Waals surface area contributed by atoms with E-state index < -0.39 is 0 Å². The predicted molar refractivity (Wildman–Crippen MR) is 71.5 cm³/mol. The number of carbonyl (C=O) groups excluding carboxylic acids is 1. The Morgan fingerprint density at radius 2 is 2.26 bits per heavy atom. The van der Waals surface area contributed by atoms with E-state index >= 15 is 0 Å². The molecule has 1 aliphatic heterocycles. The van der Waals surface area contributed by atoms with Crippen LogP contribution in [0.2, 0.25) is 5.02 Å². The molecule has 0 radical (unpaired) electrons. The Balaban J connectivity index is 2.24. The zero-order valence-corrected chi connectivity index (χ0v) is 11.2. The van der Waals surface area contributed by atoms with Gasteiger partial charge in [-0.15, -0.1) is 10.2 Å². The molecule has 0 atom stereocenters. The van der Waals surface area contributed by atoms with Crippen LogP contribution in [0.1, 0.15) is 35.4 Å². The predicted octanol–water partition coefficient (Wildman–Crippen LogP) is 2.12. The summed E-state index contributed by atoms with van der Waals surface area (Å²) in [6, 6.07) is 5.30. The van der Waals surface area contributed by atoms with Gasteiger partial charge in [-0.2, -0.15) is 0 Å². The molecule has 3 rings (SSSR count). The molecule has 1 aliphatic rings. The molecule has 0 fully saturated rings. The fourth-order valence-corrected chi connectivity index (χ4v) is 2.44. The Morgan fingerprint density at radius 1 is 1.42 bits per heavy atom. The standard InChI is InChI=1S/C13H13ClN4O/c1-2-3-11-16-17-12-7-15-13(19)9-6-8(14)4-5-10(9)18(11)12/h4-6H,2-3,7H2,1H3,(H,15,19). The number of nitrogens with zero attached hydrogens (tertiary/aromatic N) is 3. The smallest absolute Gasteiger partial charge is 0.253 e. The molecule has 1 amide bonds. The Bertz CT molecular complexity index is 650. The second-order valence-electron chi connectivity index (χ2n) is 4.46. The van der Waals surface area contributed by atoms with E-state index in [-0.39, 0.29) is 5.91 Å². The van der Waals surface area contributed by atoms with Crippen LogP contribution in [-0.4, -0.2) is 20.7 Å². The molecular formula is C13H13ClN4O. The van der Waals surface area contributed by atoms with Crippen LogP contribution in [-0.2, 0) is 13.0 Å². The first-order valence-corrected chi connectivity index (χ1v) is 6.59. The van der Waals surface area contributed by atoms with Crippen LogP contribution in [0.3, 0.4) is 0 Å². The lowest BCUT2D eigenvalue weighted by Crippen LogP contribution is -2.21. The van der Waals surface area contributed by atoms with Crippen molar-refractivity contribution >= 4 is 17.5 Å². The van der Waals surface area contributed by atoms with E-state index in [1.165, 1.54) is 0 Å². The van der Waals surface area contributed by atoms with E-state index in [4.69, 9.17) is 11.6 Å². The summed E-state index contributed by atoms with van der Waals surface area (Å²) in [5, 5.41) is 11.7. The maximum absolute atomic E-state index is 12.1. The minimum atomic E-state index is -0.134. The third-order valence-electron chi connectivity index (χ3n) is 3.12.